The smallest absolute Gasteiger partial charge is 0.220 e. The van der Waals surface area contributed by atoms with Crippen LogP contribution < -0.4 is 5.32 Å². The van der Waals surface area contributed by atoms with Crippen LogP contribution >= 0.6 is 0 Å². The van der Waals surface area contributed by atoms with Crippen LogP contribution in [0, 0.1) is 23.2 Å². The molecule has 0 radical (unpaired) electrons. The highest BCUT2D eigenvalue weighted by Gasteiger charge is 2.51. The summed E-state index contributed by atoms with van der Waals surface area (Å²) in [6.07, 6.45) is 19.4. The molecule has 5 aliphatic rings. The fourth-order valence-electron chi connectivity index (χ4n) is 8.75. The minimum atomic E-state index is -1.56. The number of amides is 1. The van der Waals surface area contributed by atoms with Gasteiger partial charge in [0.1, 0.15) is 24.4 Å². The molecule has 9 nitrogen and oxygen atoms in total. The van der Waals surface area contributed by atoms with E-state index >= 15 is 0 Å². The zero-order valence-corrected chi connectivity index (χ0v) is 27.5. The number of aliphatic hydroxyl groups excluding tert-OH is 5. The topological polar surface area (TPSA) is 149 Å². The van der Waals surface area contributed by atoms with Crippen LogP contribution in [-0.2, 0) is 14.3 Å². The number of hydrogen-bond donors (Lipinski definition) is 6. The van der Waals surface area contributed by atoms with E-state index in [2.05, 4.69) is 24.4 Å². The summed E-state index contributed by atoms with van der Waals surface area (Å²) in [5.41, 5.74) is 0.0453. The maximum atomic E-state index is 13.4. The van der Waals surface area contributed by atoms with Crippen LogP contribution in [0.15, 0.2) is 24.3 Å². The van der Waals surface area contributed by atoms with Crippen molar-refractivity contribution in [1.29, 1.82) is 0 Å². The fraction of sp³-hybridized carbons (Fsp3) is 0.861. The van der Waals surface area contributed by atoms with Gasteiger partial charge in [-0.3, -0.25) is 4.79 Å². The van der Waals surface area contributed by atoms with E-state index < -0.39 is 49.5 Å². The quantitative estimate of drug-likeness (QED) is 0.0858. The first-order valence-corrected chi connectivity index (χ1v) is 17.9. The molecular weight excluding hydrogens is 574 g/mol. The molecule has 45 heavy (non-hydrogen) atoms. The fourth-order valence-corrected chi connectivity index (χ4v) is 8.75. The minimum absolute atomic E-state index is 0.0453. The first-order valence-electron chi connectivity index (χ1n) is 17.9. The molecule has 1 amide bonds. The van der Waals surface area contributed by atoms with Crippen molar-refractivity contribution in [3.05, 3.63) is 24.3 Å². The van der Waals surface area contributed by atoms with Crippen LogP contribution in [0.1, 0.15) is 116 Å². The Balaban J connectivity index is 1.27. The molecule has 0 aromatic heterocycles. The molecule has 0 spiro atoms. The molecule has 4 aliphatic carbocycles. The number of ether oxygens (including phenoxy) is 2. The van der Waals surface area contributed by atoms with Gasteiger partial charge >= 0.3 is 0 Å². The van der Waals surface area contributed by atoms with Crippen molar-refractivity contribution in [2.24, 2.45) is 23.2 Å². The van der Waals surface area contributed by atoms with Crippen molar-refractivity contribution < 1.29 is 39.8 Å². The summed E-state index contributed by atoms with van der Waals surface area (Å²) < 4.78 is 11.3. The van der Waals surface area contributed by atoms with Gasteiger partial charge < -0.3 is 40.3 Å². The van der Waals surface area contributed by atoms with Gasteiger partial charge in [-0.1, -0.05) is 69.8 Å². The lowest BCUT2D eigenvalue weighted by Crippen LogP contribution is -2.60. The molecular formula is C36H61NO8. The third-order valence-corrected chi connectivity index (χ3v) is 10.7. The van der Waals surface area contributed by atoms with Gasteiger partial charge in [-0.05, 0) is 87.4 Å². The molecule has 7 atom stereocenters. The van der Waals surface area contributed by atoms with Gasteiger partial charge in [-0.2, -0.15) is 0 Å². The monoisotopic (exact) mass is 635 g/mol. The Morgan fingerprint density at radius 2 is 1.47 bits per heavy atom. The minimum Gasteiger partial charge on any atom is -0.394 e. The Bertz CT molecular complexity index is 903. The molecule has 1 aliphatic heterocycles. The molecule has 4 saturated carbocycles. The van der Waals surface area contributed by atoms with E-state index in [4.69, 9.17) is 9.47 Å². The molecule has 258 valence electrons. The van der Waals surface area contributed by atoms with Crippen molar-refractivity contribution in [1.82, 2.24) is 5.32 Å². The average Bonchev–Trinajstić information content (AvgIpc) is 3.00. The standard InChI is InChI=1S/C36H61NO8/c1-2-3-4-5-6-7-8-9-10-11-12-13-14-15-29(39)28(24-44-35-34(43)33(42)32(41)30(23-38)45-35)37-31(40)22-36-19-25-16-26(20-36)18-27(17-25)21-36/h10-11,14-15,25-30,32-35,38-39,41-43H,2-9,12-13,16-24H2,1H3,(H,37,40)/b11-10+,15-14+/t25?,26?,27?,28-,29+,30+,32+,33-,34+,35+,36?/m0/s1. The second-order valence-electron chi connectivity index (χ2n) is 14.7. The number of carbonyl (C=O) groups excluding carboxylic acids is 1. The number of hydrogen-bond acceptors (Lipinski definition) is 8. The van der Waals surface area contributed by atoms with E-state index in [1.807, 2.05) is 6.08 Å². The Morgan fingerprint density at radius 1 is 0.867 bits per heavy atom. The number of aliphatic hydroxyl groups is 5. The van der Waals surface area contributed by atoms with E-state index in [9.17, 15) is 30.3 Å². The Hall–Kier alpha value is -1.33. The Morgan fingerprint density at radius 3 is 2.11 bits per heavy atom. The lowest BCUT2D eigenvalue weighted by molar-refractivity contribution is -0.302. The van der Waals surface area contributed by atoms with Crippen LogP contribution in [0.2, 0.25) is 0 Å². The van der Waals surface area contributed by atoms with E-state index in [-0.39, 0.29) is 17.9 Å². The Kier molecular flexibility index (Phi) is 14.8. The van der Waals surface area contributed by atoms with Crippen molar-refractivity contribution >= 4 is 5.91 Å². The van der Waals surface area contributed by atoms with Crippen LogP contribution in [0.4, 0.5) is 0 Å². The highest BCUT2D eigenvalue weighted by Crippen LogP contribution is 2.61. The first-order chi connectivity index (χ1) is 21.7. The molecule has 5 rings (SSSR count). The second-order valence-corrected chi connectivity index (χ2v) is 14.7. The molecule has 0 aromatic carbocycles. The average molecular weight is 636 g/mol. The van der Waals surface area contributed by atoms with E-state index in [0.717, 1.165) is 56.3 Å². The SMILES string of the molecule is CCCCCCCCC/C=C/CC/C=C/[C@@H](O)[C@H](CO[C@@H]1O[C@H](CO)[C@@H](O)[C@H](O)[C@H]1O)NC(=O)CC12CC3CC(CC(C3)C1)C2. The largest absolute Gasteiger partial charge is 0.394 e. The maximum Gasteiger partial charge on any atom is 0.220 e. The van der Waals surface area contributed by atoms with Crippen LogP contribution in [0.5, 0.6) is 0 Å². The van der Waals surface area contributed by atoms with E-state index in [1.54, 1.807) is 6.08 Å². The predicted octanol–water partition coefficient (Wildman–Crippen LogP) is 4.29. The van der Waals surface area contributed by atoms with Crippen LogP contribution in [0.3, 0.4) is 0 Å². The molecule has 6 N–H and O–H groups in total. The van der Waals surface area contributed by atoms with Gasteiger partial charge in [0.2, 0.25) is 5.91 Å². The maximum absolute atomic E-state index is 13.4. The van der Waals surface area contributed by atoms with Crippen molar-refractivity contribution in [3.63, 3.8) is 0 Å². The van der Waals surface area contributed by atoms with Gasteiger partial charge in [0, 0.05) is 6.42 Å². The zero-order chi connectivity index (χ0) is 32.2. The van der Waals surface area contributed by atoms with Gasteiger partial charge in [-0.15, -0.1) is 0 Å². The molecule has 9 heteroatoms. The molecule has 1 saturated heterocycles. The number of unbranched alkanes of at least 4 members (excludes halogenated alkanes) is 8. The summed E-state index contributed by atoms with van der Waals surface area (Å²) >= 11 is 0. The van der Waals surface area contributed by atoms with Crippen molar-refractivity contribution in [3.8, 4) is 0 Å². The van der Waals surface area contributed by atoms with Crippen molar-refractivity contribution in [2.75, 3.05) is 13.2 Å². The second kappa shape index (κ2) is 18.3. The first kappa shape index (κ1) is 36.5. The highest BCUT2D eigenvalue weighted by molar-refractivity contribution is 5.77. The summed E-state index contributed by atoms with van der Waals surface area (Å²) in [7, 11) is 0. The normalized spacial score (nSPS) is 35.8. The van der Waals surface area contributed by atoms with Crippen LogP contribution in [0.25, 0.3) is 0 Å². The summed E-state index contributed by atoms with van der Waals surface area (Å²) in [6.45, 7) is 1.50. The van der Waals surface area contributed by atoms with E-state index in [1.165, 1.54) is 64.2 Å². The number of allylic oxidation sites excluding steroid dienone is 3. The van der Waals surface area contributed by atoms with Gasteiger partial charge in [0.05, 0.1) is 25.4 Å². The third-order valence-electron chi connectivity index (χ3n) is 10.7. The lowest BCUT2D eigenvalue weighted by Gasteiger charge is -2.56. The van der Waals surface area contributed by atoms with Gasteiger partial charge in [0.25, 0.3) is 0 Å². The summed E-state index contributed by atoms with van der Waals surface area (Å²) in [5, 5.41) is 54.3. The summed E-state index contributed by atoms with van der Waals surface area (Å²) in [6, 6.07) is -0.803. The molecule has 5 fully saturated rings. The van der Waals surface area contributed by atoms with Gasteiger partial charge in [-0.25, -0.2) is 0 Å². The summed E-state index contributed by atoms with van der Waals surface area (Å²) in [4.78, 5) is 13.4. The van der Waals surface area contributed by atoms with Crippen LogP contribution in [-0.4, -0.2) is 87.5 Å². The zero-order valence-electron chi connectivity index (χ0n) is 27.5. The van der Waals surface area contributed by atoms with Gasteiger partial charge in [0.15, 0.2) is 6.29 Å². The molecule has 0 unspecified atom stereocenters. The van der Waals surface area contributed by atoms with E-state index in [0.29, 0.717) is 6.42 Å². The van der Waals surface area contributed by atoms with Crippen molar-refractivity contribution in [2.45, 2.75) is 159 Å². The lowest BCUT2D eigenvalue weighted by atomic mass is 9.49. The molecule has 4 bridgehead atoms. The molecule has 0 aromatic rings. The predicted molar refractivity (Wildman–Crippen MR) is 173 cm³/mol. The number of carbonyl (C=O) groups is 1. The highest BCUT2D eigenvalue weighted by atomic mass is 16.7. The summed E-state index contributed by atoms with van der Waals surface area (Å²) in [5.74, 6) is 2.08. The third kappa shape index (κ3) is 10.8. The number of rotatable bonds is 20. The molecule has 1 heterocycles. The number of nitrogens with one attached hydrogen (secondary N) is 1. The Labute approximate surface area is 270 Å².